The van der Waals surface area contributed by atoms with Gasteiger partial charge in [-0.1, -0.05) is 0 Å². The van der Waals surface area contributed by atoms with Crippen molar-refractivity contribution in [2.45, 2.75) is 32.5 Å². The molecule has 11 heteroatoms. The van der Waals surface area contributed by atoms with Crippen LogP contribution in [0.4, 0.5) is 10.6 Å². The van der Waals surface area contributed by atoms with Crippen LogP contribution in [0.1, 0.15) is 23.6 Å². The second-order valence-corrected chi connectivity index (χ2v) is 6.46. The molecule has 1 saturated heterocycles. The Kier molecular flexibility index (Phi) is 4.33. The molecule has 2 aromatic heterocycles. The number of anilines is 1. The molecule has 0 radical (unpaired) electrons. The lowest BCUT2D eigenvalue weighted by Crippen LogP contribution is -2.55. The fourth-order valence-corrected chi connectivity index (χ4v) is 3.47. The van der Waals surface area contributed by atoms with Crippen LogP contribution < -0.4 is 10.2 Å². The number of carbonyl (C=O) groups is 1. The molecular formula is C16H18N8O3. The third-order valence-corrected chi connectivity index (χ3v) is 4.74. The lowest BCUT2D eigenvalue weighted by Gasteiger charge is -2.40. The van der Waals surface area contributed by atoms with Gasteiger partial charge in [0.05, 0.1) is 24.2 Å². The van der Waals surface area contributed by atoms with Gasteiger partial charge in [-0.25, -0.2) is 14.8 Å². The number of nitrogens with zero attached hydrogens (tertiary/aromatic N) is 7. The summed E-state index contributed by atoms with van der Waals surface area (Å²) in [7, 11) is 0. The quantitative estimate of drug-likeness (QED) is 0.784. The summed E-state index contributed by atoms with van der Waals surface area (Å²) in [6.45, 7) is 4.13. The van der Waals surface area contributed by atoms with E-state index in [1.165, 1.54) is 4.90 Å². The topological polar surface area (TPSA) is 144 Å². The predicted molar refractivity (Wildman–Crippen MR) is 91.6 cm³/mol. The number of fused-ring (bicyclic) bond motifs is 1. The summed E-state index contributed by atoms with van der Waals surface area (Å²) >= 11 is 0. The first-order valence-corrected chi connectivity index (χ1v) is 8.59. The first-order valence-electron chi connectivity index (χ1n) is 8.59. The van der Waals surface area contributed by atoms with Gasteiger partial charge in [0.25, 0.3) is 5.89 Å². The molecule has 4 heterocycles. The molecule has 1 unspecified atom stereocenters. The molecule has 1 fully saturated rings. The molecule has 0 aliphatic carbocycles. The minimum absolute atomic E-state index is 0.129. The average Bonchev–Trinajstić information content (AvgIpc) is 3.29. The molecule has 1 atom stereocenters. The molecule has 0 spiro atoms. The predicted octanol–water partition coefficient (Wildman–Crippen LogP) is 0.520. The van der Waals surface area contributed by atoms with Crippen LogP contribution in [0.5, 0.6) is 0 Å². The molecule has 140 valence electrons. The van der Waals surface area contributed by atoms with E-state index in [1.54, 1.807) is 6.92 Å². The van der Waals surface area contributed by atoms with Gasteiger partial charge in [-0.15, -0.1) is 10.2 Å². The average molecular weight is 370 g/mol. The van der Waals surface area contributed by atoms with Crippen molar-refractivity contribution in [3.8, 4) is 17.8 Å². The van der Waals surface area contributed by atoms with E-state index >= 15 is 0 Å². The third kappa shape index (κ3) is 3.15. The lowest BCUT2D eigenvalue weighted by molar-refractivity contribution is 0.119. The van der Waals surface area contributed by atoms with Crippen LogP contribution >= 0.6 is 0 Å². The van der Waals surface area contributed by atoms with Crippen molar-refractivity contribution in [2.75, 3.05) is 24.5 Å². The van der Waals surface area contributed by atoms with Crippen molar-refractivity contribution in [3.63, 3.8) is 0 Å². The van der Waals surface area contributed by atoms with E-state index in [9.17, 15) is 9.90 Å². The maximum Gasteiger partial charge on any atom is 0.407 e. The molecule has 0 aromatic carbocycles. The molecule has 11 nitrogen and oxygen atoms in total. The van der Waals surface area contributed by atoms with E-state index in [0.29, 0.717) is 44.4 Å². The Bertz CT molecular complexity index is 921. The number of nitriles is 1. The van der Waals surface area contributed by atoms with Crippen LogP contribution in [0, 0.1) is 18.3 Å². The van der Waals surface area contributed by atoms with Crippen molar-refractivity contribution in [1.82, 2.24) is 30.4 Å². The van der Waals surface area contributed by atoms with E-state index in [4.69, 9.17) is 9.68 Å². The monoisotopic (exact) mass is 370 g/mol. The number of aromatic nitrogens is 4. The first-order chi connectivity index (χ1) is 13.1. The van der Waals surface area contributed by atoms with E-state index in [0.717, 1.165) is 17.1 Å². The number of amides is 1. The standard InChI is InChI=1S/C16H18N8O3/c1-9-21-22-15(27-9)13-19-12-7-18-6-11(12)14(20-13)23-4-5-24(16(25)26)10(8-23)2-3-17/h10,18H,2,4-8H2,1H3,(H,25,26). The largest absolute Gasteiger partial charge is 0.465 e. The molecule has 2 N–H and O–H groups in total. The molecule has 4 rings (SSSR count). The molecular weight excluding hydrogens is 352 g/mol. The Morgan fingerprint density at radius 2 is 2.22 bits per heavy atom. The molecule has 1 amide bonds. The minimum atomic E-state index is -1.01. The zero-order valence-electron chi connectivity index (χ0n) is 14.7. The highest BCUT2D eigenvalue weighted by Crippen LogP contribution is 2.29. The molecule has 0 saturated carbocycles. The summed E-state index contributed by atoms with van der Waals surface area (Å²) in [4.78, 5) is 24.0. The molecule has 2 aromatic rings. The summed E-state index contributed by atoms with van der Waals surface area (Å²) in [6, 6.07) is 1.67. The van der Waals surface area contributed by atoms with E-state index in [2.05, 4.69) is 31.6 Å². The van der Waals surface area contributed by atoms with Gasteiger partial charge >= 0.3 is 6.09 Å². The van der Waals surface area contributed by atoms with E-state index in [1.807, 2.05) is 4.90 Å². The molecule has 0 bridgehead atoms. The Labute approximate surface area is 154 Å². The van der Waals surface area contributed by atoms with Crippen molar-refractivity contribution in [1.29, 1.82) is 5.26 Å². The van der Waals surface area contributed by atoms with Gasteiger partial charge in [0, 0.05) is 45.2 Å². The van der Waals surface area contributed by atoms with Gasteiger partial charge < -0.3 is 24.6 Å². The maximum absolute atomic E-state index is 11.4. The maximum atomic E-state index is 11.4. The zero-order valence-corrected chi connectivity index (χ0v) is 14.7. The van der Waals surface area contributed by atoms with Crippen LogP contribution in [-0.2, 0) is 13.1 Å². The van der Waals surface area contributed by atoms with Gasteiger partial charge in [-0.05, 0) is 0 Å². The minimum Gasteiger partial charge on any atom is -0.465 e. The molecule has 2 aliphatic heterocycles. The Balaban J connectivity index is 1.70. The van der Waals surface area contributed by atoms with Gasteiger partial charge in [0.2, 0.25) is 11.7 Å². The number of carboxylic acid groups (broad SMARTS) is 1. The van der Waals surface area contributed by atoms with Crippen LogP contribution in [0.3, 0.4) is 0 Å². The van der Waals surface area contributed by atoms with Crippen LogP contribution in [-0.4, -0.2) is 61.9 Å². The van der Waals surface area contributed by atoms with Crippen LogP contribution in [0.15, 0.2) is 4.42 Å². The van der Waals surface area contributed by atoms with Gasteiger partial charge in [-0.2, -0.15) is 5.26 Å². The SMILES string of the molecule is Cc1nnc(-c2nc3c(c(N4CCN(C(=O)O)C(CC#N)C4)n2)CNC3)o1. The number of nitrogens with one attached hydrogen (secondary N) is 1. The van der Waals surface area contributed by atoms with E-state index in [-0.39, 0.29) is 12.3 Å². The fourth-order valence-electron chi connectivity index (χ4n) is 3.47. The highest BCUT2D eigenvalue weighted by atomic mass is 16.4. The highest BCUT2D eigenvalue weighted by molar-refractivity contribution is 5.66. The van der Waals surface area contributed by atoms with Gasteiger partial charge in [-0.3, -0.25) is 0 Å². The normalized spacial score (nSPS) is 19.0. The molecule has 2 aliphatic rings. The number of rotatable bonds is 3. The first kappa shape index (κ1) is 17.2. The molecule has 27 heavy (non-hydrogen) atoms. The number of piperazine rings is 1. The van der Waals surface area contributed by atoms with E-state index < -0.39 is 12.1 Å². The van der Waals surface area contributed by atoms with Crippen molar-refractivity contribution in [2.24, 2.45) is 0 Å². The summed E-state index contributed by atoms with van der Waals surface area (Å²) in [5, 5.41) is 29.5. The van der Waals surface area contributed by atoms with Crippen molar-refractivity contribution >= 4 is 11.9 Å². The second-order valence-electron chi connectivity index (χ2n) is 6.46. The van der Waals surface area contributed by atoms with Crippen LogP contribution in [0.2, 0.25) is 0 Å². The summed E-state index contributed by atoms with van der Waals surface area (Å²) in [5.41, 5.74) is 1.85. The zero-order chi connectivity index (χ0) is 19.0. The van der Waals surface area contributed by atoms with Gasteiger partial charge in [0.15, 0.2) is 0 Å². The van der Waals surface area contributed by atoms with Gasteiger partial charge in [0.1, 0.15) is 5.82 Å². The Hall–Kier alpha value is -3.26. The number of hydrogen-bond acceptors (Lipinski definition) is 9. The lowest BCUT2D eigenvalue weighted by atomic mass is 10.1. The Morgan fingerprint density at radius 3 is 2.93 bits per heavy atom. The van der Waals surface area contributed by atoms with Crippen LogP contribution in [0.25, 0.3) is 11.7 Å². The van der Waals surface area contributed by atoms with Crippen molar-refractivity contribution in [3.05, 3.63) is 17.1 Å². The second kappa shape index (κ2) is 6.81. The number of aryl methyl sites for hydroxylation is 1. The highest BCUT2D eigenvalue weighted by Gasteiger charge is 2.33. The third-order valence-electron chi connectivity index (χ3n) is 4.74. The summed E-state index contributed by atoms with van der Waals surface area (Å²) in [6.07, 6.45) is -0.879. The Morgan fingerprint density at radius 1 is 1.37 bits per heavy atom. The van der Waals surface area contributed by atoms with Crippen molar-refractivity contribution < 1.29 is 14.3 Å². The summed E-state index contributed by atoms with van der Waals surface area (Å²) in [5.74, 6) is 1.76. The fraction of sp³-hybridized carbons (Fsp3) is 0.500. The summed E-state index contributed by atoms with van der Waals surface area (Å²) < 4.78 is 5.46. The smallest absolute Gasteiger partial charge is 0.407 e. The number of hydrogen-bond donors (Lipinski definition) is 2.